The van der Waals surface area contributed by atoms with Crippen LogP contribution in [-0.2, 0) is 5.60 Å². The molecule has 3 rings (SSSR count). The number of halogens is 2. The van der Waals surface area contributed by atoms with E-state index in [0.29, 0.717) is 36.0 Å². The van der Waals surface area contributed by atoms with Gasteiger partial charge in [-0.3, -0.25) is 4.90 Å². The van der Waals surface area contributed by atoms with E-state index in [-0.39, 0.29) is 6.04 Å². The number of benzene rings is 2. The third-order valence-electron chi connectivity index (χ3n) is 4.68. The second kappa shape index (κ2) is 7.13. The quantitative estimate of drug-likeness (QED) is 0.873. The van der Waals surface area contributed by atoms with Crippen molar-refractivity contribution in [2.45, 2.75) is 24.5 Å². The van der Waals surface area contributed by atoms with Gasteiger partial charge in [0, 0.05) is 13.1 Å². The van der Waals surface area contributed by atoms with Crippen LogP contribution in [0.1, 0.15) is 30.0 Å². The van der Waals surface area contributed by atoms with Crippen LogP contribution in [0.25, 0.3) is 0 Å². The predicted molar refractivity (Wildman–Crippen MR) is 96.0 cm³/mol. The highest BCUT2D eigenvalue weighted by atomic mass is 35.5. The summed E-state index contributed by atoms with van der Waals surface area (Å²) in [5.74, 6) is 0. The summed E-state index contributed by atoms with van der Waals surface area (Å²) in [6.07, 6.45) is 1.19. The molecule has 3 nitrogen and oxygen atoms in total. The maximum atomic E-state index is 10.9. The molecular weight excluding hydrogens is 343 g/mol. The van der Waals surface area contributed by atoms with Gasteiger partial charge in [-0.05, 0) is 36.1 Å². The smallest absolute Gasteiger partial charge is 0.123 e. The summed E-state index contributed by atoms with van der Waals surface area (Å²) in [7, 11) is 0. The zero-order valence-electron chi connectivity index (χ0n) is 13.1. The van der Waals surface area contributed by atoms with Gasteiger partial charge in [-0.15, -0.1) is 0 Å². The highest BCUT2D eigenvalue weighted by molar-refractivity contribution is 6.42. The third kappa shape index (κ3) is 3.43. The van der Waals surface area contributed by atoms with Crippen molar-refractivity contribution < 1.29 is 5.11 Å². The summed E-state index contributed by atoms with van der Waals surface area (Å²) in [6, 6.07) is 17.0. The molecule has 0 aromatic heterocycles. The number of nitriles is 1. The van der Waals surface area contributed by atoms with Crippen molar-refractivity contribution in [3.63, 3.8) is 0 Å². The summed E-state index contributed by atoms with van der Waals surface area (Å²) in [4.78, 5) is 2.08. The van der Waals surface area contributed by atoms with Gasteiger partial charge in [-0.25, -0.2) is 0 Å². The lowest BCUT2D eigenvalue weighted by Crippen LogP contribution is -2.43. The summed E-state index contributed by atoms with van der Waals surface area (Å²) >= 11 is 12.0. The van der Waals surface area contributed by atoms with Crippen LogP contribution < -0.4 is 0 Å². The fourth-order valence-corrected chi connectivity index (χ4v) is 3.55. The number of rotatable bonds is 3. The highest BCUT2D eigenvalue weighted by Crippen LogP contribution is 2.36. The number of piperidine rings is 1. The van der Waals surface area contributed by atoms with E-state index in [1.165, 1.54) is 0 Å². The van der Waals surface area contributed by atoms with Crippen LogP contribution in [0, 0.1) is 11.3 Å². The summed E-state index contributed by atoms with van der Waals surface area (Å²) < 4.78 is 0. The molecule has 24 heavy (non-hydrogen) atoms. The predicted octanol–water partition coefficient (Wildman–Crippen LogP) is 4.54. The first-order chi connectivity index (χ1) is 11.5. The van der Waals surface area contributed by atoms with Crippen molar-refractivity contribution in [1.82, 2.24) is 4.90 Å². The van der Waals surface area contributed by atoms with E-state index in [4.69, 9.17) is 23.2 Å². The molecule has 2 aromatic rings. The van der Waals surface area contributed by atoms with Crippen molar-refractivity contribution in [1.29, 1.82) is 5.26 Å². The van der Waals surface area contributed by atoms with Crippen LogP contribution in [0.15, 0.2) is 48.5 Å². The van der Waals surface area contributed by atoms with Crippen LogP contribution in [0.4, 0.5) is 0 Å². The molecule has 1 N–H and O–H groups in total. The van der Waals surface area contributed by atoms with Gasteiger partial charge >= 0.3 is 0 Å². The number of aliphatic hydroxyl groups is 1. The van der Waals surface area contributed by atoms with Crippen molar-refractivity contribution in [3.8, 4) is 6.07 Å². The molecule has 1 aliphatic rings. The lowest BCUT2D eigenvalue weighted by atomic mass is 9.84. The van der Waals surface area contributed by atoms with Gasteiger partial charge in [-0.2, -0.15) is 5.26 Å². The van der Waals surface area contributed by atoms with Gasteiger partial charge in [0.15, 0.2) is 0 Å². The highest BCUT2D eigenvalue weighted by Gasteiger charge is 2.36. The van der Waals surface area contributed by atoms with E-state index in [1.807, 2.05) is 36.4 Å². The summed E-state index contributed by atoms with van der Waals surface area (Å²) in [5.41, 5.74) is 0.944. The monoisotopic (exact) mass is 360 g/mol. The van der Waals surface area contributed by atoms with Gasteiger partial charge < -0.3 is 5.11 Å². The lowest BCUT2D eigenvalue weighted by molar-refractivity contribution is -0.0312. The van der Waals surface area contributed by atoms with Crippen molar-refractivity contribution in [3.05, 3.63) is 69.7 Å². The molecule has 2 aromatic carbocycles. The Hall–Kier alpha value is -1.57. The molecule has 0 amide bonds. The molecule has 1 fully saturated rings. The zero-order chi connectivity index (χ0) is 17.2. The second-order valence-electron chi connectivity index (χ2n) is 6.14. The molecule has 1 heterocycles. The first kappa shape index (κ1) is 17.3. The molecule has 0 saturated carbocycles. The Morgan fingerprint density at radius 1 is 1.04 bits per heavy atom. The molecule has 0 spiro atoms. The average Bonchev–Trinajstić information content (AvgIpc) is 2.61. The Morgan fingerprint density at radius 2 is 1.71 bits per heavy atom. The average molecular weight is 361 g/mol. The number of nitrogens with zero attached hydrogens (tertiary/aromatic N) is 2. The molecule has 124 valence electrons. The normalized spacial score (nSPS) is 18.8. The van der Waals surface area contributed by atoms with Gasteiger partial charge in [0.1, 0.15) is 6.04 Å². The van der Waals surface area contributed by atoms with Crippen molar-refractivity contribution in [2.75, 3.05) is 13.1 Å². The van der Waals surface area contributed by atoms with Crippen LogP contribution >= 0.6 is 23.2 Å². The minimum Gasteiger partial charge on any atom is -0.385 e. The van der Waals surface area contributed by atoms with E-state index in [2.05, 4.69) is 11.0 Å². The molecule has 0 bridgehead atoms. The van der Waals surface area contributed by atoms with E-state index < -0.39 is 5.60 Å². The largest absolute Gasteiger partial charge is 0.385 e. The van der Waals surface area contributed by atoms with E-state index in [0.717, 1.165) is 11.1 Å². The van der Waals surface area contributed by atoms with Crippen LogP contribution in [-0.4, -0.2) is 23.1 Å². The summed E-state index contributed by atoms with van der Waals surface area (Å²) in [6.45, 7) is 1.29. The number of likely N-dealkylation sites (tertiary alicyclic amines) is 1. The maximum Gasteiger partial charge on any atom is 0.123 e. The fourth-order valence-electron chi connectivity index (χ4n) is 3.24. The molecular formula is C19H18Cl2N2O. The first-order valence-corrected chi connectivity index (χ1v) is 8.65. The minimum atomic E-state index is -0.824. The van der Waals surface area contributed by atoms with E-state index in [9.17, 15) is 10.4 Å². The maximum absolute atomic E-state index is 10.9. The molecule has 0 aliphatic carbocycles. The fraction of sp³-hybridized carbons (Fsp3) is 0.316. The van der Waals surface area contributed by atoms with Gasteiger partial charge in [0.05, 0.1) is 21.7 Å². The molecule has 0 radical (unpaired) electrons. The van der Waals surface area contributed by atoms with E-state index in [1.54, 1.807) is 12.1 Å². The SMILES string of the molecule is N#CC(c1ccc(Cl)c(Cl)c1)N1CCC(O)(c2ccccc2)CC1. The molecule has 1 saturated heterocycles. The lowest BCUT2D eigenvalue weighted by Gasteiger charge is -2.40. The Kier molecular flexibility index (Phi) is 5.12. The molecule has 1 unspecified atom stereocenters. The second-order valence-corrected chi connectivity index (χ2v) is 6.95. The van der Waals surface area contributed by atoms with Crippen LogP contribution in [0.2, 0.25) is 10.0 Å². The van der Waals surface area contributed by atoms with Crippen LogP contribution in [0.3, 0.4) is 0 Å². The molecule has 1 aliphatic heterocycles. The molecule has 1 atom stereocenters. The Bertz CT molecular complexity index is 750. The Balaban J connectivity index is 1.75. The topological polar surface area (TPSA) is 47.3 Å². The van der Waals surface area contributed by atoms with Crippen LogP contribution in [0.5, 0.6) is 0 Å². The number of hydrogen-bond acceptors (Lipinski definition) is 3. The minimum absolute atomic E-state index is 0.389. The number of hydrogen-bond donors (Lipinski definition) is 1. The van der Waals surface area contributed by atoms with Gasteiger partial charge in [0.25, 0.3) is 0 Å². The molecule has 5 heteroatoms. The standard InChI is InChI=1S/C19H18Cl2N2O/c20-16-7-6-14(12-17(16)21)18(13-22)23-10-8-19(24,9-11-23)15-4-2-1-3-5-15/h1-7,12,18,24H,8-11H2. The van der Waals surface area contributed by atoms with Gasteiger partial charge in [-0.1, -0.05) is 59.6 Å². The summed E-state index contributed by atoms with van der Waals surface area (Å²) in [5, 5.41) is 21.5. The van der Waals surface area contributed by atoms with Crippen molar-refractivity contribution >= 4 is 23.2 Å². The first-order valence-electron chi connectivity index (χ1n) is 7.90. The third-order valence-corrected chi connectivity index (χ3v) is 5.42. The Morgan fingerprint density at radius 3 is 2.29 bits per heavy atom. The van der Waals surface area contributed by atoms with Crippen molar-refractivity contribution in [2.24, 2.45) is 0 Å². The van der Waals surface area contributed by atoms with Gasteiger partial charge in [0.2, 0.25) is 0 Å². The van der Waals surface area contributed by atoms with E-state index >= 15 is 0 Å². The Labute approximate surface area is 152 Å². The zero-order valence-corrected chi connectivity index (χ0v) is 14.6.